The summed E-state index contributed by atoms with van der Waals surface area (Å²) in [7, 11) is 0. The number of rotatable bonds is 52. The van der Waals surface area contributed by atoms with Crippen LogP contribution < -0.4 is 0 Å². The van der Waals surface area contributed by atoms with Crippen molar-refractivity contribution in [3.8, 4) is 0 Å². The van der Waals surface area contributed by atoms with E-state index in [2.05, 4.69) is 45.1 Å². The Morgan fingerprint density at radius 2 is 0.531 bits per heavy atom. The number of hydrogen-bond acceptors (Lipinski definition) is 6. The van der Waals surface area contributed by atoms with Crippen molar-refractivity contribution < 1.29 is 28.6 Å². The minimum Gasteiger partial charge on any atom is -0.462 e. The number of ether oxygens (including phenoxy) is 3. The number of unbranched alkanes of at least 4 members (excludes halogenated alkanes) is 37. The maximum atomic E-state index is 12.8. The molecule has 6 heteroatoms. The minimum absolute atomic E-state index is 0.0714. The van der Waals surface area contributed by atoms with E-state index in [1.165, 1.54) is 205 Å². The van der Waals surface area contributed by atoms with Crippen molar-refractivity contribution >= 4 is 17.9 Å². The quantitative estimate of drug-likeness (QED) is 0.0262. The average Bonchev–Trinajstić information content (AvgIpc) is 3.29. The van der Waals surface area contributed by atoms with E-state index in [1.54, 1.807) is 0 Å². The SMILES string of the molecule is CCCC/C=C\CCCCCCCC(=O)OCC(COC(=O)CCCCCCCCCCCCCCCCCCCC)OC(=O)CCCCCCCCC/C=C\CCCCCCCC. The van der Waals surface area contributed by atoms with Crippen LogP contribution >= 0.6 is 0 Å². The van der Waals surface area contributed by atoms with Gasteiger partial charge in [0.2, 0.25) is 0 Å². The summed E-state index contributed by atoms with van der Waals surface area (Å²) in [6.45, 7) is 6.63. The first-order valence-corrected chi connectivity index (χ1v) is 28.3. The van der Waals surface area contributed by atoms with Crippen molar-refractivity contribution in [2.24, 2.45) is 0 Å². The van der Waals surface area contributed by atoms with Crippen LogP contribution in [0.4, 0.5) is 0 Å². The van der Waals surface area contributed by atoms with Crippen molar-refractivity contribution in [2.75, 3.05) is 13.2 Å². The van der Waals surface area contributed by atoms with Crippen LogP contribution in [0.3, 0.4) is 0 Å². The molecule has 0 amide bonds. The van der Waals surface area contributed by atoms with Gasteiger partial charge in [0.1, 0.15) is 13.2 Å². The van der Waals surface area contributed by atoms with Gasteiger partial charge in [-0.15, -0.1) is 0 Å². The minimum atomic E-state index is -0.772. The Morgan fingerprint density at radius 3 is 0.828 bits per heavy atom. The van der Waals surface area contributed by atoms with Crippen molar-refractivity contribution in [2.45, 2.75) is 316 Å². The molecule has 0 rings (SSSR count). The first-order valence-electron chi connectivity index (χ1n) is 28.3. The lowest BCUT2D eigenvalue weighted by Gasteiger charge is -2.18. The molecule has 1 unspecified atom stereocenters. The van der Waals surface area contributed by atoms with Gasteiger partial charge in [0.25, 0.3) is 0 Å². The second-order valence-corrected chi connectivity index (χ2v) is 19.2. The van der Waals surface area contributed by atoms with Crippen molar-refractivity contribution in [3.63, 3.8) is 0 Å². The molecule has 0 aliphatic rings. The lowest BCUT2D eigenvalue weighted by Crippen LogP contribution is -2.30. The van der Waals surface area contributed by atoms with Gasteiger partial charge in [0.15, 0.2) is 6.10 Å². The summed E-state index contributed by atoms with van der Waals surface area (Å²) in [5.74, 6) is -0.868. The molecule has 0 aliphatic heterocycles. The number of esters is 3. The first-order chi connectivity index (χ1) is 31.5. The molecule has 0 bridgehead atoms. The molecule has 0 aromatic rings. The average molecular weight is 901 g/mol. The van der Waals surface area contributed by atoms with Crippen LogP contribution in [-0.2, 0) is 28.6 Å². The molecular formula is C58H108O6. The highest BCUT2D eigenvalue weighted by atomic mass is 16.6. The van der Waals surface area contributed by atoms with Crippen molar-refractivity contribution in [1.29, 1.82) is 0 Å². The van der Waals surface area contributed by atoms with Gasteiger partial charge < -0.3 is 14.2 Å². The molecule has 6 nitrogen and oxygen atoms in total. The predicted octanol–water partition coefficient (Wildman–Crippen LogP) is 18.7. The van der Waals surface area contributed by atoms with Gasteiger partial charge in [-0.1, -0.05) is 251 Å². The highest BCUT2D eigenvalue weighted by Crippen LogP contribution is 2.17. The van der Waals surface area contributed by atoms with Gasteiger partial charge in [-0.05, 0) is 64.2 Å². The third-order valence-corrected chi connectivity index (χ3v) is 12.7. The number of allylic oxidation sites excluding steroid dienone is 4. The lowest BCUT2D eigenvalue weighted by atomic mass is 10.0. The molecule has 0 saturated heterocycles. The Hall–Kier alpha value is -2.11. The number of carbonyl (C=O) groups is 3. The van der Waals surface area contributed by atoms with Gasteiger partial charge in [0, 0.05) is 19.3 Å². The zero-order valence-electron chi connectivity index (χ0n) is 43.1. The van der Waals surface area contributed by atoms with Crippen LogP contribution in [0.5, 0.6) is 0 Å². The van der Waals surface area contributed by atoms with E-state index in [-0.39, 0.29) is 31.1 Å². The molecule has 0 aliphatic carbocycles. The van der Waals surface area contributed by atoms with E-state index in [1.807, 2.05) is 0 Å². The fourth-order valence-electron chi connectivity index (χ4n) is 8.36. The van der Waals surface area contributed by atoms with E-state index < -0.39 is 6.10 Å². The van der Waals surface area contributed by atoms with Gasteiger partial charge in [-0.2, -0.15) is 0 Å². The first kappa shape index (κ1) is 61.9. The molecule has 0 heterocycles. The summed E-state index contributed by atoms with van der Waals surface area (Å²) in [5, 5.41) is 0. The normalized spacial score (nSPS) is 12.1. The highest BCUT2D eigenvalue weighted by Gasteiger charge is 2.19. The standard InChI is InChI=1S/C58H108O6/c1-4-7-10-13-16-19-22-24-26-28-30-31-33-36-39-42-45-48-51-57(60)63-54-55(53-62-56(59)50-47-44-41-38-35-21-18-15-12-9-6-3)64-58(61)52-49-46-43-40-37-34-32-29-27-25-23-20-17-14-11-8-5-2/h15,18,25,27,55H,4-14,16-17,19-24,26,28-54H2,1-3H3/b18-15-,27-25-. The lowest BCUT2D eigenvalue weighted by molar-refractivity contribution is -0.167. The highest BCUT2D eigenvalue weighted by molar-refractivity contribution is 5.71. The topological polar surface area (TPSA) is 78.9 Å². The molecule has 0 radical (unpaired) electrons. The van der Waals surface area contributed by atoms with Crippen LogP contribution in [0.2, 0.25) is 0 Å². The Kier molecular flexibility index (Phi) is 51.7. The van der Waals surface area contributed by atoms with Crippen molar-refractivity contribution in [3.05, 3.63) is 24.3 Å². The smallest absolute Gasteiger partial charge is 0.306 e. The summed E-state index contributed by atoms with van der Waals surface area (Å²) in [4.78, 5) is 38.1. The summed E-state index contributed by atoms with van der Waals surface area (Å²) >= 11 is 0. The predicted molar refractivity (Wildman–Crippen MR) is 275 cm³/mol. The van der Waals surface area contributed by atoms with E-state index in [0.717, 1.165) is 64.2 Å². The third kappa shape index (κ3) is 50.9. The van der Waals surface area contributed by atoms with E-state index in [0.29, 0.717) is 19.3 Å². The molecule has 64 heavy (non-hydrogen) atoms. The second kappa shape index (κ2) is 53.5. The summed E-state index contributed by atoms with van der Waals surface area (Å²) in [6.07, 6.45) is 61.7. The summed E-state index contributed by atoms with van der Waals surface area (Å²) < 4.78 is 16.8. The maximum Gasteiger partial charge on any atom is 0.306 e. The van der Waals surface area contributed by atoms with Gasteiger partial charge in [-0.3, -0.25) is 14.4 Å². The molecule has 376 valence electrons. The number of hydrogen-bond donors (Lipinski definition) is 0. The number of carbonyl (C=O) groups excluding carboxylic acids is 3. The molecular weight excluding hydrogens is 793 g/mol. The Morgan fingerprint density at radius 1 is 0.297 bits per heavy atom. The fourth-order valence-corrected chi connectivity index (χ4v) is 8.36. The monoisotopic (exact) mass is 901 g/mol. The maximum absolute atomic E-state index is 12.8. The molecule has 0 fully saturated rings. The molecule has 1 atom stereocenters. The van der Waals surface area contributed by atoms with E-state index in [4.69, 9.17) is 14.2 Å². The Bertz CT molecular complexity index is 1040. The van der Waals surface area contributed by atoms with Gasteiger partial charge in [-0.25, -0.2) is 0 Å². The molecule has 0 N–H and O–H groups in total. The van der Waals surface area contributed by atoms with E-state index in [9.17, 15) is 14.4 Å². The molecule has 0 saturated carbocycles. The Labute approximate surface area is 398 Å². The van der Waals surface area contributed by atoms with Crippen LogP contribution in [0.25, 0.3) is 0 Å². The Balaban J connectivity index is 4.29. The van der Waals surface area contributed by atoms with Gasteiger partial charge >= 0.3 is 17.9 Å². The largest absolute Gasteiger partial charge is 0.462 e. The molecule has 0 spiro atoms. The summed E-state index contributed by atoms with van der Waals surface area (Å²) in [6, 6.07) is 0. The van der Waals surface area contributed by atoms with Crippen LogP contribution in [-0.4, -0.2) is 37.2 Å². The molecule has 0 aromatic heterocycles. The summed E-state index contributed by atoms with van der Waals surface area (Å²) in [5.41, 5.74) is 0. The zero-order valence-corrected chi connectivity index (χ0v) is 43.1. The van der Waals surface area contributed by atoms with Gasteiger partial charge in [0.05, 0.1) is 0 Å². The van der Waals surface area contributed by atoms with Crippen LogP contribution in [0.1, 0.15) is 310 Å². The fraction of sp³-hybridized carbons (Fsp3) is 0.879. The van der Waals surface area contributed by atoms with E-state index >= 15 is 0 Å². The zero-order chi connectivity index (χ0) is 46.5. The van der Waals surface area contributed by atoms with Crippen LogP contribution in [0.15, 0.2) is 24.3 Å². The third-order valence-electron chi connectivity index (χ3n) is 12.7. The van der Waals surface area contributed by atoms with Crippen LogP contribution in [0, 0.1) is 0 Å². The van der Waals surface area contributed by atoms with Crippen molar-refractivity contribution in [1.82, 2.24) is 0 Å². The molecule has 0 aromatic carbocycles. The second-order valence-electron chi connectivity index (χ2n) is 19.2.